The van der Waals surface area contributed by atoms with E-state index in [1.165, 1.54) is 18.2 Å². The summed E-state index contributed by atoms with van der Waals surface area (Å²) in [6, 6.07) is 4.84. The predicted molar refractivity (Wildman–Crippen MR) is 75.9 cm³/mol. The van der Waals surface area contributed by atoms with Gasteiger partial charge in [-0.05, 0) is 30.4 Å². The first-order valence-electron chi connectivity index (χ1n) is 7.15. The number of rotatable bonds is 5. The first kappa shape index (κ1) is 16.5. The van der Waals surface area contributed by atoms with Crippen LogP contribution in [0.4, 0.5) is 13.2 Å². The number of alkyl halides is 3. The molecule has 0 radical (unpaired) electrons. The number of aliphatic hydroxyl groups excluding tert-OH is 1. The van der Waals surface area contributed by atoms with Crippen LogP contribution < -0.4 is 5.32 Å². The van der Waals surface area contributed by atoms with E-state index in [1.807, 2.05) is 12.2 Å². The molecular weight excluding hydrogens is 295 g/mol. The fourth-order valence-electron chi connectivity index (χ4n) is 2.54. The van der Waals surface area contributed by atoms with Gasteiger partial charge >= 0.3 is 6.18 Å². The molecule has 22 heavy (non-hydrogen) atoms. The zero-order valence-electron chi connectivity index (χ0n) is 11.9. The Labute approximate surface area is 126 Å². The van der Waals surface area contributed by atoms with Gasteiger partial charge in [-0.3, -0.25) is 4.79 Å². The Morgan fingerprint density at radius 2 is 2.09 bits per heavy atom. The minimum Gasteiger partial charge on any atom is -0.387 e. The van der Waals surface area contributed by atoms with E-state index in [0.29, 0.717) is 6.42 Å². The molecule has 0 heterocycles. The SMILES string of the molecule is O=C(C[C@@H]1C=CCC1)NC[C@@H](O)c1ccccc1C(F)(F)F. The molecular formula is C16H18F3NO2. The average molecular weight is 313 g/mol. The molecule has 0 bridgehead atoms. The zero-order valence-corrected chi connectivity index (χ0v) is 11.9. The third-order valence-corrected chi connectivity index (χ3v) is 3.68. The highest BCUT2D eigenvalue weighted by Gasteiger charge is 2.34. The molecule has 2 N–H and O–H groups in total. The lowest BCUT2D eigenvalue weighted by atomic mass is 10.0. The van der Waals surface area contributed by atoms with Gasteiger partial charge in [-0.1, -0.05) is 30.4 Å². The molecule has 2 atom stereocenters. The number of amides is 1. The van der Waals surface area contributed by atoms with E-state index in [2.05, 4.69) is 5.32 Å². The number of hydrogen-bond acceptors (Lipinski definition) is 2. The Kier molecular flexibility index (Phi) is 5.24. The molecule has 1 amide bonds. The van der Waals surface area contributed by atoms with Crippen LogP contribution in [0, 0.1) is 5.92 Å². The summed E-state index contributed by atoms with van der Waals surface area (Å²) in [4.78, 5) is 11.7. The van der Waals surface area contributed by atoms with Crippen LogP contribution in [0.2, 0.25) is 0 Å². The molecule has 6 heteroatoms. The van der Waals surface area contributed by atoms with E-state index in [0.717, 1.165) is 18.9 Å². The number of aliphatic hydroxyl groups is 1. The molecule has 1 aromatic rings. The van der Waals surface area contributed by atoms with Gasteiger partial charge < -0.3 is 10.4 Å². The first-order valence-corrected chi connectivity index (χ1v) is 7.15. The number of nitrogens with one attached hydrogen (secondary N) is 1. The fraction of sp³-hybridized carbons (Fsp3) is 0.438. The molecule has 1 aliphatic rings. The molecule has 1 aliphatic carbocycles. The quantitative estimate of drug-likeness (QED) is 0.820. The number of carbonyl (C=O) groups is 1. The third kappa shape index (κ3) is 4.34. The van der Waals surface area contributed by atoms with Gasteiger partial charge in [-0.2, -0.15) is 13.2 Å². The maximum atomic E-state index is 12.9. The average Bonchev–Trinajstić information content (AvgIpc) is 2.96. The normalized spacial score (nSPS) is 19.2. The minimum absolute atomic E-state index is 0.180. The predicted octanol–water partition coefficient (Wildman–Crippen LogP) is 3.21. The molecule has 0 aromatic heterocycles. The Hall–Kier alpha value is -1.82. The van der Waals surface area contributed by atoms with Gasteiger partial charge in [0.15, 0.2) is 0 Å². The van der Waals surface area contributed by atoms with Crippen molar-refractivity contribution in [3.05, 3.63) is 47.5 Å². The fourth-order valence-corrected chi connectivity index (χ4v) is 2.54. The number of carbonyl (C=O) groups excluding carboxylic acids is 1. The van der Waals surface area contributed by atoms with Crippen LogP contribution in [0.15, 0.2) is 36.4 Å². The standard InChI is InChI=1S/C16H18F3NO2/c17-16(18,19)13-8-4-3-7-12(13)14(21)10-20-15(22)9-11-5-1-2-6-11/h1,3-5,7-8,11,14,21H,2,6,9-10H2,(H,20,22)/t11-,14-/m1/s1. The molecule has 120 valence electrons. The maximum Gasteiger partial charge on any atom is 0.416 e. The zero-order chi connectivity index (χ0) is 16.2. The lowest BCUT2D eigenvalue weighted by Crippen LogP contribution is -2.30. The Balaban J connectivity index is 1.93. The second-order valence-corrected chi connectivity index (χ2v) is 5.37. The second-order valence-electron chi connectivity index (χ2n) is 5.37. The summed E-state index contributed by atoms with van der Waals surface area (Å²) < 4.78 is 38.6. The van der Waals surface area contributed by atoms with Crippen molar-refractivity contribution in [1.82, 2.24) is 5.32 Å². The first-order chi connectivity index (χ1) is 10.4. The summed E-state index contributed by atoms with van der Waals surface area (Å²) in [5.41, 5.74) is -1.11. The van der Waals surface area contributed by atoms with E-state index in [-0.39, 0.29) is 23.9 Å². The summed E-state index contributed by atoms with van der Waals surface area (Å²) in [7, 11) is 0. The van der Waals surface area contributed by atoms with Gasteiger partial charge in [-0.15, -0.1) is 0 Å². The minimum atomic E-state index is -4.53. The van der Waals surface area contributed by atoms with Crippen molar-refractivity contribution >= 4 is 5.91 Å². The van der Waals surface area contributed by atoms with Gasteiger partial charge in [0.25, 0.3) is 0 Å². The number of benzene rings is 1. The summed E-state index contributed by atoms with van der Waals surface area (Å²) in [6.07, 6.45) is 0.203. The van der Waals surface area contributed by atoms with Crippen LogP contribution in [-0.4, -0.2) is 17.6 Å². The lowest BCUT2D eigenvalue weighted by molar-refractivity contribution is -0.139. The van der Waals surface area contributed by atoms with Crippen LogP contribution in [0.5, 0.6) is 0 Å². The van der Waals surface area contributed by atoms with Crippen LogP contribution in [-0.2, 0) is 11.0 Å². The Morgan fingerprint density at radius 1 is 1.36 bits per heavy atom. The molecule has 0 unspecified atom stereocenters. The van der Waals surface area contributed by atoms with E-state index in [4.69, 9.17) is 0 Å². The van der Waals surface area contributed by atoms with Crippen LogP contribution in [0.25, 0.3) is 0 Å². The summed E-state index contributed by atoms with van der Waals surface area (Å²) in [5, 5.41) is 12.4. The molecule has 2 rings (SSSR count). The summed E-state index contributed by atoms with van der Waals surface area (Å²) in [5.74, 6) is -0.0836. The van der Waals surface area contributed by atoms with Gasteiger partial charge in [0, 0.05) is 13.0 Å². The van der Waals surface area contributed by atoms with Crippen LogP contribution >= 0.6 is 0 Å². The highest BCUT2D eigenvalue weighted by molar-refractivity contribution is 5.76. The second kappa shape index (κ2) is 6.96. The van der Waals surface area contributed by atoms with Crippen molar-refractivity contribution in [1.29, 1.82) is 0 Å². The molecule has 0 fully saturated rings. The summed E-state index contributed by atoms with van der Waals surface area (Å²) in [6.45, 7) is -0.234. The monoisotopic (exact) mass is 313 g/mol. The summed E-state index contributed by atoms with van der Waals surface area (Å²) >= 11 is 0. The highest BCUT2D eigenvalue weighted by atomic mass is 19.4. The smallest absolute Gasteiger partial charge is 0.387 e. The molecule has 0 aliphatic heterocycles. The van der Waals surface area contributed by atoms with Crippen molar-refractivity contribution < 1.29 is 23.1 Å². The van der Waals surface area contributed by atoms with Crippen molar-refractivity contribution in [3.63, 3.8) is 0 Å². The Morgan fingerprint density at radius 3 is 2.73 bits per heavy atom. The van der Waals surface area contributed by atoms with E-state index < -0.39 is 17.8 Å². The van der Waals surface area contributed by atoms with Crippen molar-refractivity contribution in [2.75, 3.05) is 6.54 Å². The molecule has 1 aromatic carbocycles. The third-order valence-electron chi connectivity index (χ3n) is 3.68. The van der Waals surface area contributed by atoms with E-state index >= 15 is 0 Å². The number of halogens is 3. The molecule has 0 saturated heterocycles. The van der Waals surface area contributed by atoms with Gasteiger partial charge in [0.05, 0.1) is 11.7 Å². The van der Waals surface area contributed by atoms with Gasteiger partial charge in [0.1, 0.15) is 0 Å². The van der Waals surface area contributed by atoms with Crippen LogP contribution in [0.1, 0.15) is 36.5 Å². The van der Waals surface area contributed by atoms with Gasteiger partial charge in [0.2, 0.25) is 5.91 Å². The number of allylic oxidation sites excluding steroid dienone is 2. The van der Waals surface area contributed by atoms with Crippen molar-refractivity contribution in [3.8, 4) is 0 Å². The van der Waals surface area contributed by atoms with E-state index in [9.17, 15) is 23.1 Å². The van der Waals surface area contributed by atoms with Crippen molar-refractivity contribution in [2.24, 2.45) is 5.92 Å². The number of hydrogen-bond donors (Lipinski definition) is 2. The Bertz CT molecular complexity index is 555. The molecule has 0 saturated carbocycles. The molecule has 3 nitrogen and oxygen atoms in total. The highest BCUT2D eigenvalue weighted by Crippen LogP contribution is 2.34. The van der Waals surface area contributed by atoms with Crippen LogP contribution in [0.3, 0.4) is 0 Å². The topological polar surface area (TPSA) is 49.3 Å². The van der Waals surface area contributed by atoms with E-state index in [1.54, 1.807) is 0 Å². The largest absolute Gasteiger partial charge is 0.416 e. The van der Waals surface area contributed by atoms with Gasteiger partial charge in [-0.25, -0.2) is 0 Å². The molecule has 0 spiro atoms. The lowest BCUT2D eigenvalue weighted by Gasteiger charge is -2.18. The van der Waals surface area contributed by atoms with Crippen molar-refractivity contribution in [2.45, 2.75) is 31.5 Å². The maximum absolute atomic E-state index is 12.9.